The number of carbonyl (C=O) groups excluding carboxylic acids is 2. The van der Waals surface area contributed by atoms with Crippen LogP contribution in [0.15, 0.2) is 72.3 Å². The number of aryl methyl sites for hydroxylation is 2. The molecule has 1 fully saturated rings. The number of benzene rings is 3. The largest absolute Gasteiger partial charge is 0.507 e. The number of hydrogen-bond donors (Lipinski definition) is 1. The van der Waals surface area contributed by atoms with Gasteiger partial charge in [-0.1, -0.05) is 36.8 Å². The summed E-state index contributed by atoms with van der Waals surface area (Å²) in [6.07, 6.45) is 0.862. The zero-order valence-corrected chi connectivity index (χ0v) is 19.3. The quantitative estimate of drug-likeness (QED) is 0.285. The summed E-state index contributed by atoms with van der Waals surface area (Å²) in [7, 11) is 0. The molecule has 34 heavy (non-hydrogen) atoms. The van der Waals surface area contributed by atoms with Crippen LogP contribution in [0.2, 0.25) is 0 Å². The van der Waals surface area contributed by atoms with Crippen LogP contribution in [-0.2, 0) is 9.59 Å². The molecule has 1 amide bonds. The predicted molar refractivity (Wildman–Crippen MR) is 129 cm³/mol. The molecule has 1 aliphatic heterocycles. The van der Waals surface area contributed by atoms with Crippen LogP contribution in [-0.4, -0.2) is 23.4 Å². The zero-order chi connectivity index (χ0) is 24.4. The number of halogens is 1. The highest BCUT2D eigenvalue weighted by molar-refractivity contribution is 6.51. The minimum absolute atomic E-state index is 0.0428. The molecular formula is C28H26FNO4. The summed E-state index contributed by atoms with van der Waals surface area (Å²) in [5.41, 5.74) is 3.18. The molecule has 0 aliphatic carbocycles. The second kappa shape index (κ2) is 9.51. The minimum atomic E-state index is -0.903. The van der Waals surface area contributed by atoms with Gasteiger partial charge in [-0.15, -0.1) is 0 Å². The van der Waals surface area contributed by atoms with Crippen molar-refractivity contribution in [3.63, 3.8) is 0 Å². The van der Waals surface area contributed by atoms with Gasteiger partial charge >= 0.3 is 0 Å². The van der Waals surface area contributed by atoms with Crippen LogP contribution in [0, 0.1) is 19.7 Å². The average Bonchev–Trinajstić information content (AvgIpc) is 3.09. The van der Waals surface area contributed by atoms with Crippen molar-refractivity contribution < 1.29 is 23.8 Å². The fourth-order valence-electron chi connectivity index (χ4n) is 4.09. The zero-order valence-electron chi connectivity index (χ0n) is 19.3. The third kappa shape index (κ3) is 4.31. The van der Waals surface area contributed by atoms with Crippen molar-refractivity contribution in [2.75, 3.05) is 11.5 Å². The second-order valence-corrected chi connectivity index (χ2v) is 8.38. The molecule has 1 heterocycles. The van der Waals surface area contributed by atoms with Gasteiger partial charge in [0.05, 0.1) is 18.2 Å². The van der Waals surface area contributed by atoms with Gasteiger partial charge in [0.2, 0.25) is 0 Å². The molecule has 1 aliphatic rings. The van der Waals surface area contributed by atoms with Crippen LogP contribution >= 0.6 is 0 Å². The molecule has 1 unspecified atom stereocenters. The fraction of sp³-hybridized carbons (Fsp3) is 0.214. The predicted octanol–water partition coefficient (Wildman–Crippen LogP) is 5.86. The number of aliphatic hydroxyl groups excluding tert-OH is 1. The molecule has 1 N–H and O–H groups in total. The van der Waals surface area contributed by atoms with Gasteiger partial charge in [-0.2, -0.15) is 0 Å². The van der Waals surface area contributed by atoms with Crippen molar-refractivity contribution >= 4 is 23.1 Å². The van der Waals surface area contributed by atoms with Crippen LogP contribution < -0.4 is 9.64 Å². The molecular weight excluding hydrogens is 433 g/mol. The molecule has 174 valence electrons. The van der Waals surface area contributed by atoms with E-state index in [1.807, 2.05) is 32.9 Å². The molecule has 6 heteroatoms. The van der Waals surface area contributed by atoms with E-state index in [1.54, 1.807) is 30.3 Å². The van der Waals surface area contributed by atoms with E-state index < -0.39 is 23.5 Å². The molecule has 1 atom stereocenters. The maximum absolute atomic E-state index is 13.7. The summed E-state index contributed by atoms with van der Waals surface area (Å²) < 4.78 is 19.4. The summed E-state index contributed by atoms with van der Waals surface area (Å²) >= 11 is 0. The molecule has 0 bridgehead atoms. The standard InChI is InChI=1S/C28H26FNO4/c1-4-15-34-23-14-9-20(16-18(23)3)26(31)24-25(19-7-10-21(29)11-8-19)30(28(33)27(24)32)22-12-5-17(2)6-13-22/h5-14,16,25,31H,4,15H2,1-3H3/b26-24-. The number of rotatable bonds is 6. The van der Waals surface area contributed by atoms with Crippen LogP contribution in [0.5, 0.6) is 5.75 Å². The van der Waals surface area contributed by atoms with Gasteiger partial charge in [0.15, 0.2) is 0 Å². The van der Waals surface area contributed by atoms with Crippen LogP contribution in [0.25, 0.3) is 5.76 Å². The summed E-state index contributed by atoms with van der Waals surface area (Å²) in [5, 5.41) is 11.3. The third-order valence-electron chi connectivity index (χ3n) is 5.85. The number of aliphatic hydroxyl groups is 1. The lowest BCUT2D eigenvalue weighted by Crippen LogP contribution is -2.29. The molecule has 0 saturated carbocycles. The molecule has 0 radical (unpaired) electrons. The van der Waals surface area contributed by atoms with Crippen LogP contribution in [0.3, 0.4) is 0 Å². The number of amides is 1. The highest BCUT2D eigenvalue weighted by Crippen LogP contribution is 2.42. The number of Topliss-reactive ketones (excluding diaryl/α,β-unsaturated/α-hetero) is 1. The molecule has 1 saturated heterocycles. The maximum Gasteiger partial charge on any atom is 0.300 e. The lowest BCUT2D eigenvalue weighted by molar-refractivity contribution is -0.132. The summed E-state index contributed by atoms with van der Waals surface area (Å²) in [6.45, 7) is 6.35. The maximum atomic E-state index is 13.7. The summed E-state index contributed by atoms with van der Waals surface area (Å²) in [5.74, 6) is -1.58. The van der Waals surface area contributed by atoms with Crippen molar-refractivity contribution in [2.45, 2.75) is 33.2 Å². The van der Waals surface area contributed by atoms with Gasteiger partial charge in [0, 0.05) is 11.3 Å². The molecule has 3 aromatic carbocycles. The fourth-order valence-corrected chi connectivity index (χ4v) is 4.09. The first-order valence-corrected chi connectivity index (χ1v) is 11.2. The van der Waals surface area contributed by atoms with E-state index in [0.29, 0.717) is 29.2 Å². The van der Waals surface area contributed by atoms with E-state index in [2.05, 4.69) is 0 Å². The lowest BCUT2D eigenvalue weighted by Gasteiger charge is -2.25. The molecule has 3 aromatic rings. The van der Waals surface area contributed by atoms with Gasteiger partial charge in [0.1, 0.15) is 17.3 Å². The van der Waals surface area contributed by atoms with Crippen molar-refractivity contribution in [1.82, 2.24) is 0 Å². The summed E-state index contributed by atoms with van der Waals surface area (Å²) in [4.78, 5) is 27.7. The average molecular weight is 460 g/mol. The van der Waals surface area contributed by atoms with Gasteiger partial charge < -0.3 is 9.84 Å². The van der Waals surface area contributed by atoms with Crippen molar-refractivity contribution in [3.05, 3.63) is 100 Å². The Balaban J connectivity index is 1.87. The van der Waals surface area contributed by atoms with Crippen molar-refractivity contribution in [1.29, 1.82) is 0 Å². The van der Waals surface area contributed by atoms with Crippen LogP contribution in [0.4, 0.5) is 10.1 Å². The van der Waals surface area contributed by atoms with Gasteiger partial charge in [-0.25, -0.2) is 4.39 Å². The van der Waals surface area contributed by atoms with Gasteiger partial charge in [-0.3, -0.25) is 14.5 Å². The Labute approximate surface area is 198 Å². The van der Waals surface area contributed by atoms with E-state index >= 15 is 0 Å². The Kier molecular flexibility index (Phi) is 6.50. The first-order valence-electron chi connectivity index (χ1n) is 11.2. The third-order valence-corrected chi connectivity index (χ3v) is 5.85. The van der Waals surface area contributed by atoms with Gasteiger partial charge in [-0.05, 0) is 73.9 Å². The first kappa shape index (κ1) is 23.2. The Morgan fingerprint density at radius 2 is 1.68 bits per heavy atom. The number of hydrogen-bond acceptors (Lipinski definition) is 4. The van der Waals surface area contributed by atoms with Crippen LogP contribution in [0.1, 0.15) is 41.6 Å². The second-order valence-electron chi connectivity index (χ2n) is 8.38. The molecule has 4 rings (SSSR count). The number of ketones is 1. The van der Waals surface area contributed by atoms with Crippen molar-refractivity contribution in [3.8, 4) is 5.75 Å². The van der Waals surface area contributed by atoms with E-state index in [0.717, 1.165) is 17.5 Å². The normalized spacial score (nSPS) is 17.3. The Bertz CT molecular complexity index is 1260. The number of nitrogens with zero attached hydrogens (tertiary/aromatic N) is 1. The highest BCUT2D eigenvalue weighted by Gasteiger charge is 2.47. The van der Waals surface area contributed by atoms with E-state index in [1.165, 1.54) is 29.2 Å². The summed E-state index contributed by atoms with van der Waals surface area (Å²) in [6, 6.07) is 17.0. The smallest absolute Gasteiger partial charge is 0.300 e. The lowest BCUT2D eigenvalue weighted by atomic mass is 9.94. The Hall–Kier alpha value is -3.93. The number of ether oxygens (including phenoxy) is 1. The molecule has 0 spiro atoms. The van der Waals surface area contributed by atoms with E-state index in [9.17, 15) is 19.1 Å². The van der Waals surface area contributed by atoms with E-state index in [4.69, 9.17) is 4.74 Å². The SMILES string of the molecule is CCCOc1ccc(/C(O)=C2/C(=O)C(=O)N(c3ccc(C)cc3)C2c2ccc(F)cc2)cc1C. The number of carbonyl (C=O) groups is 2. The Morgan fingerprint density at radius 3 is 2.29 bits per heavy atom. The highest BCUT2D eigenvalue weighted by atomic mass is 19.1. The number of anilines is 1. The monoisotopic (exact) mass is 459 g/mol. The van der Waals surface area contributed by atoms with Crippen molar-refractivity contribution in [2.24, 2.45) is 0 Å². The first-order chi connectivity index (χ1) is 16.3. The molecule has 5 nitrogen and oxygen atoms in total. The Morgan fingerprint density at radius 1 is 1.00 bits per heavy atom. The van der Waals surface area contributed by atoms with Gasteiger partial charge in [0.25, 0.3) is 11.7 Å². The topological polar surface area (TPSA) is 66.8 Å². The minimum Gasteiger partial charge on any atom is -0.507 e. The van der Waals surface area contributed by atoms with E-state index in [-0.39, 0.29) is 11.3 Å². The molecule has 0 aromatic heterocycles.